The van der Waals surface area contributed by atoms with Crippen LogP contribution in [0.5, 0.6) is 0 Å². The van der Waals surface area contributed by atoms with E-state index in [1.807, 2.05) is 19.1 Å². The van der Waals surface area contributed by atoms with Crippen LogP contribution >= 0.6 is 11.6 Å². The highest BCUT2D eigenvalue weighted by molar-refractivity contribution is 6.33. The van der Waals surface area contributed by atoms with Crippen LogP contribution in [0.3, 0.4) is 0 Å². The average Bonchev–Trinajstić information content (AvgIpc) is 2.26. The first-order valence-corrected chi connectivity index (χ1v) is 6.44. The molecule has 0 radical (unpaired) electrons. The highest BCUT2D eigenvalue weighted by atomic mass is 35.5. The molecule has 1 atom stereocenters. The van der Waals surface area contributed by atoms with E-state index in [-0.39, 0.29) is 11.9 Å². The lowest BCUT2D eigenvalue weighted by molar-refractivity contribution is 0.0937. The molecule has 1 aromatic carbocycles. The second kappa shape index (κ2) is 6.65. The molecule has 2 nitrogen and oxygen atoms in total. The molecule has 3 heteroatoms. The molecule has 94 valence electrons. The summed E-state index contributed by atoms with van der Waals surface area (Å²) in [5, 5.41) is 3.47. The Morgan fingerprint density at radius 1 is 1.24 bits per heavy atom. The Morgan fingerprint density at radius 3 is 2.47 bits per heavy atom. The zero-order valence-electron chi connectivity index (χ0n) is 10.7. The molecule has 0 aliphatic carbocycles. The van der Waals surface area contributed by atoms with Crippen molar-refractivity contribution in [2.45, 2.75) is 39.7 Å². The maximum absolute atomic E-state index is 11.9. The van der Waals surface area contributed by atoms with Crippen molar-refractivity contribution in [2.75, 3.05) is 0 Å². The largest absolute Gasteiger partial charge is 0.350 e. The molecule has 0 aromatic heterocycles. The fraction of sp³-hybridized carbons (Fsp3) is 0.500. The smallest absolute Gasteiger partial charge is 0.252 e. The summed E-state index contributed by atoms with van der Waals surface area (Å²) in [7, 11) is 0. The van der Waals surface area contributed by atoms with Crippen LogP contribution in [0.25, 0.3) is 0 Å². The van der Waals surface area contributed by atoms with Crippen LogP contribution in [0.2, 0.25) is 5.02 Å². The summed E-state index contributed by atoms with van der Waals surface area (Å²) < 4.78 is 0. The highest BCUT2D eigenvalue weighted by Crippen LogP contribution is 2.15. The third-order valence-electron chi connectivity index (χ3n) is 2.67. The van der Waals surface area contributed by atoms with Crippen molar-refractivity contribution in [2.24, 2.45) is 5.92 Å². The lowest BCUT2D eigenvalue weighted by Gasteiger charge is -2.15. The molecular weight excluding hydrogens is 234 g/mol. The van der Waals surface area contributed by atoms with Gasteiger partial charge < -0.3 is 5.32 Å². The van der Waals surface area contributed by atoms with Gasteiger partial charge in [0.05, 0.1) is 10.6 Å². The van der Waals surface area contributed by atoms with Crippen molar-refractivity contribution in [3.63, 3.8) is 0 Å². The molecule has 0 heterocycles. The van der Waals surface area contributed by atoms with Crippen LogP contribution in [0.1, 0.15) is 44.0 Å². The molecule has 1 aromatic rings. The second-order valence-electron chi connectivity index (χ2n) is 4.83. The minimum absolute atomic E-state index is 0.0909. The van der Waals surface area contributed by atoms with E-state index < -0.39 is 0 Å². The lowest BCUT2D eigenvalue weighted by atomic mass is 10.0. The minimum Gasteiger partial charge on any atom is -0.350 e. The lowest BCUT2D eigenvalue weighted by Crippen LogP contribution is -2.32. The molecule has 1 N–H and O–H groups in total. The Labute approximate surface area is 108 Å². The third kappa shape index (κ3) is 4.78. The Hall–Kier alpha value is -1.02. The van der Waals surface area contributed by atoms with Crippen molar-refractivity contribution < 1.29 is 4.79 Å². The first kappa shape index (κ1) is 14.0. The van der Waals surface area contributed by atoms with Crippen molar-refractivity contribution in [1.29, 1.82) is 0 Å². The van der Waals surface area contributed by atoms with Crippen molar-refractivity contribution >= 4 is 17.5 Å². The van der Waals surface area contributed by atoms with Gasteiger partial charge in [-0.3, -0.25) is 4.79 Å². The van der Waals surface area contributed by atoms with E-state index in [0.717, 1.165) is 12.8 Å². The van der Waals surface area contributed by atoms with Gasteiger partial charge in [-0.2, -0.15) is 0 Å². The molecule has 0 aliphatic heterocycles. The Kier molecular flexibility index (Phi) is 5.49. The topological polar surface area (TPSA) is 29.1 Å². The van der Waals surface area contributed by atoms with Gasteiger partial charge in [-0.1, -0.05) is 37.6 Å². The van der Waals surface area contributed by atoms with E-state index in [1.54, 1.807) is 12.1 Å². The Morgan fingerprint density at radius 2 is 1.88 bits per heavy atom. The number of nitrogens with one attached hydrogen (secondary N) is 1. The van der Waals surface area contributed by atoms with Crippen LogP contribution in [-0.2, 0) is 0 Å². The van der Waals surface area contributed by atoms with Gasteiger partial charge in [0.2, 0.25) is 0 Å². The molecule has 0 spiro atoms. The van der Waals surface area contributed by atoms with E-state index >= 15 is 0 Å². The fourth-order valence-corrected chi connectivity index (χ4v) is 1.82. The molecule has 0 bridgehead atoms. The number of amides is 1. The third-order valence-corrected chi connectivity index (χ3v) is 3.00. The monoisotopic (exact) mass is 253 g/mol. The van der Waals surface area contributed by atoms with E-state index in [1.165, 1.54) is 0 Å². The number of rotatable bonds is 5. The van der Waals surface area contributed by atoms with Gasteiger partial charge in [-0.25, -0.2) is 0 Å². The predicted molar refractivity (Wildman–Crippen MR) is 72.5 cm³/mol. The van der Waals surface area contributed by atoms with E-state index in [4.69, 9.17) is 11.6 Å². The quantitative estimate of drug-likeness (QED) is 0.847. The average molecular weight is 254 g/mol. The van der Waals surface area contributed by atoms with Gasteiger partial charge in [0.15, 0.2) is 0 Å². The number of carbonyl (C=O) groups excluding carboxylic acids is 1. The molecule has 1 amide bonds. The number of hydrogen-bond donors (Lipinski definition) is 1. The maximum Gasteiger partial charge on any atom is 0.252 e. The first-order valence-electron chi connectivity index (χ1n) is 6.06. The first-order chi connectivity index (χ1) is 8.00. The standard InChI is InChI=1S/C14H20ClNO/c1-10(2)8-9-11(3)16-14(17)12-6-4-5-7-13(12)15/h4-7,10-11H,8-9H2,1-3H3,(H,16,17). The molecule has 0 saturated heterocycles. The van der Waals surface area contributed by atoms with E-state index in [0.29, 0.717) is 16.5 Å². The van der Waals surface area contributed by atoms with Gasteiger partial charge in [-0.15, -0.1) is 0 Å². The highest BCUT2D eigenvalue weighted by Gasteiger charge is 2.12. The summed E-state index contributed by atoms with van der Waals surface area (Å²) in [6.07, 6.45) is 2.11. The minimum atomic E-state index is -0.0909. The molecule has 0 saturated carbocycles. The van der Waals surface area contributed by atoms with Crippen LogP contribution in [-0.4, -0.2) is 11.9 Å². The van der Waals surface area contributed by atoms with Gasteiger partial charge >= 0.3 is 0 Å². The molecule has 0 aliphatic rings. The van der Waals surface area contributed by atoms with Gasteiger partial charge in [0, 0.05) is 6.04 Å². The Balaban J connectivity index is 2.52. The van der Waals surface area contributed by atoms with E-state index in [2.05, 4.69) is 19.2 Å². The van der Waals surface area contributed by atoms with Crippen LogP contribution in [0.15, 0.2) is 24.3 Å². The van der Waals surface area contributed by atoms with Gasteiger partial charge in [0.1, 0.15) is 0 Å². The SMILES string of the molecule is CC(C)CCC(C)NC(=O)c1ccccc1Cl. The predicted octanol–water partition coefficient (Wildman–Crippen LogP) is 3.89. The fourth-order valence-electron chi connectivity index (χ4n) is 1.60. The number of halogens is 1. The van der Waals surface area contributed by atoms with Crippen LogP contribution in [0, 0.1) is 5.92 Å². The van der Waals surface area contributed by atoms with Crippen molar-refractivity contribution in [3.05, 3.63) is 34.9 Å². The zero-order chi connectivity index (χ0) is 12.8. The summed E-state index contributed by atoms with van der Waals surface area (Å²) in [4.78, 5) is 11.9. The molecule has 0 fully saturated rings. The summed E-state index contributed by atoms with van der Waals surface area (Å²) in [5.41, 5.74) is 0.547. The maximum atomic E-state index is 11.9. The molecule has 17 heavy (non-hydrogen) atoms. The van der Waals surface area contributed by atoms with Gasteiger partial charge in [-0.05, 0) is 37.8 Å². The number of carbonyl (C=O) groups is 1. The van der Waals surface area contributed by atoms with Crippen molar-refractivity contribution in [1.82, 2.24) is 5.32 Å². The molecule has 1 unspecified atom stereocenters. The summed E-state index contributed by atoms with van der Waals surface area (Å²) in [6, 6.07) is 7.30. The van der Waals surface area contributed by atoms with E-state index in [9.17, 15) is 4.79 Å². The molecular formula is C14H20ClNO. The van der Waals surface area contributed by atoms with Crippen LogP contribution < -0.4 is 5.32 Å². The normalized spacial score (nSPS) is 12.5. The van der Waals surface area contributed by atoms with Crippen molar-refractivity contribution in [3.8, 4) is 0 Å². The summed E-state index contributed by atoms with van der Waals surface area (Å²) in [5.74, 6) is 0.571. The zero-order valence-corrected chi connectivity index (χ0v) is 11.4. The number of benzene rings is 1. The van der Waals surface area contributed by atoms with Crippen LogP contribution in [0.4, 0.5) is 0 Å². The summed E-state index contributed by atoms with van der Waals surface area (Å²) in [6.45, 7) is 6.39. The van der Waals surface area contributed by atoms with Gasteiger partial charge in [0.25, 0.3) is 5.91 Å². The second-order valence-corrected chi connectivity index (χ2v) is 5.23. The molecule has 1 rings (SSSR count). The Bertz CT molecular complexity index is 376. The summed E-state index contributed by atoms with van der Waals surface area (Å²) >= 11 is 5.97. The number of hydrogen-bond acceptors (Lipinski definition) is 1.